The normalized spacial score (nSPS) is 10.4. The summed E-state index contributed by atoms with van der Waals surface area (Å²) in [6, 6.07) is 11.2. The minimum absolute atomic E-state index is 0.191. The van der Waals surface area contributed by atoms with Crippen molar-refractivity contribution >= 4 is 34.7 Å². The van der Waals surface area contributed by atoms with E-state index in [4.69, 9.17) is 16.3 Å². The number of methoxy groups -OCH3 is 1. The number of para-hydroxylation sites is 2. The molecule has 2 aromatic carbocycles. The number of nitrogens with zero attached hydrogens (tertiary/aromatic N) is 2. The molecule has 1 aromatic heterocycles. The minimum Gasteiger partial charge on any atom is -0.495 e. The van der Waals surface area contributed by atoms with Gasteiger partial charge in [-0.25, -0.2) is 9.97 Å². The van der Waals surface area contributed by atoms with E-state index in [1.807, 2.05) is 44.2 Å². The molecule has 0 radical (unpaired) electrons. The van der Waals surface area contributed by atoms with Crippen molar-refractivity contribution in [2.75, 3.05) is 17.7 Å². The van der Waals surface area contributed by atoms with Crippen LogP contribution in [0.5, 0.6) is 5.75 Å². The molecule has 3 rings (SSSR count). The molecule has 2 N–H and O–H groups in total. The summed E-state index contributed by atoms with van der Waals surface area (Å²) < 4.78 is 5.29. The molecule has 0 aliphatic carbocycles. The van der Waals surface area contributed by atoms with Gasteiger partial charge in [-0.05, 0) is 43.2 Å². The fraction of sp³-hybridized carbons (Fsp3) is 0.150. The van der Waals surface area contributed by atoms with Crippen LogP contribution in [0.2, 0.25) is 5.02 Å². The lowest BCUT2D eigenvalue weighted by Crippen LogP contribution is -2.15. The van der Waals surface area contributed by atoms with Gasteiger partial charge in [-0.1, -0.05) is 29.8 Å². The van der Waals surface area contributed by atoms with Gasteiger partial charge in [-0.2, -0.15) is 0 Å². The Morgan fingerprint density at radius 1 is 1.11 bits per heavy atom. The Morgan fingerprint density at radius 3 is 2.56 bits per heavy atom. The molecular weight excluding hydrogens is 364 g/mol. The lowest BCUT2D eigenvalue weighted by molar-refractivity contribution is 0.102. The average molecular weight is 383 g/mol. The summed E-state index contributed by atoms with van der Waals surface area (Å²) >= 11 is 6.24. The first-order valence-corrected chi connectivity index (χ1v) is 8.66. The van der Waals surface area contributed by atoms with Crippen LogP contribution in [0.1, 0.15) is 21.6 Å². The van der Waals surface area contributed by atoms with E-state index in [2.05, 4.69) is 20.6 Å². The van der Waals surface area contributed by atoms with Gasteiger partial charge in [0.2, 0.25) is 0 Å². The maximum atomic E-state index is 12.5. The van der Waals surface area contributed by atoms with Crippen molar-refractivity contribution in [3.8, 4) is 5.75 Å². The lowest BCUT2D eigenvalue weighted by Gasteiger charge is -2.12. The molecule has 6 nitrogen and oxygen atoms in total. The Morgan fingerprint density at radius 2 is 1.89 bits per heavy atom. The van der Waals surface area contributed by atoms with Crippen molar-refractivity contribution in [2.45, 2.75) is 13.8 Å². The predicted molar refractivity (Wildman–Crippen MR) is 107 cm³/mol. The number of hydrogen-bond donors (Lipinski definition) is 2. The Labute approximate surface area is 162 Å². The van der Waals surface area contributed by atoms with Gasteiger partial charge in [-0.15, -0.1) is 0 Å². The van der Waals surface area contributed by atoms with Crippen molar-refractivity contribution in [1.82, 2.24) is 9.97 Å². The van der Waals surface area contributed by atoms with Gasteiger partial charge in [0.15, 0.2) is 0 Å². The number of nitrogens with one attached hydrogen (secondary N) is 2. The quantitative estimate of drug-likeness (QED) is 0.665. The largest absolute Gasteiger partial charge is 0.495 e. The molecule has 1 heterocycles. The monoisotopic (exact) mass is 382 g/mol. The second kappa shape index (κ2) is 8.05. The van der Waals surface area contributed by atoms with Crippen molar-refractivity contribution in [2.24, 2.45) is 0 Å². The number of rotatable bonds is 5. The second-order valence-corrected chi connectivity index (χ2v) is 6.41. The highest BCUT2D eigenvalue weighted by atomic mass is 35.5. The fourth-order valence-electron chi connectivity index (χ4n) is 2.65. The molecular formula is C20H19ClN4O2. The van der Waals surface area contributed by atoms with Crippen LogP contribution in [-0.2, 0) is 0 Å². The molecule has 0 aliphatic rings. The third kappa shape index (κ3) is 4.35. The van der Waals surface area contributed by atoms with E-state index >= 15 is 0 Å². The molecule has 0 saturated heterocycles. The highest BCUT2D eigenvalue weighted by Gasteiger charge is 2.13. The molecule has 0 bridgehead atoms. The lowest BCUT2D eigenvalue weighted by atomic mass is 10.1. The fourth-order valence-corrected chi connectivity index (χ4v) is 3.02. The van der Waals surface area contributed by atoms with Gasteiger partial charge in [0.1, 0.15) is 17.3 Å². The molecule has 0 aliphatic heterocycles. The van der Waals surface area contributed by atoms with E-state index in [1.54, 1.807) is 13.2 Å². The summed E-state index contributed by atoms with van der Waals surface area (Å²) in [4.78, 5) is 20.9. The highest BCUT2D eigenvalue weighted by Crippen LogP contribution is 2.28. The van der Waals surface area contributed by atoms with Crippen molar-refractivity contribution in [1.29, 1.82) is 0 Å². The Balaban J connectivity index is 1.74. The molecule has 0 spiro atoms. The number of carbonyl (C=O) groups is 1. The molecule has 1 amide bonds. The number of carbonyl (C=O) groups excluding carboxylic acids is 1. The Hall–Kier alpha value is -3.12. The van der Waals surface area contributed by atoms with E-state index in [0.29, 0.717) is 22.3 Å². The SMILES string of the molecule is COc1ccccc1Nc1cnc(C(=O)Nc2c(C)cc(C)cc2Cl)cn1. The van der Waals surface area contributed by atoms with Crippen molar-refractivity contribution in [3.63, 3.8) is 0 Å². The van der Waals surface area contributed by atoms with Crippen LogP contribution in [-0.4, -0.2) is 23.0 Å². The second-order valence-electron chi connectivity index (χ2n) is 6.00. The minimum atomic E-state index is -0.375. The van der Waals surface area contributed by atoms with Crippen LogP contribution < -0.4 is 15.4 Å². The van der Waals surface area contributed by atoms with Crippen LogP contribution in [0.3, 0.4) is 0 Å². The van der Waals surface area contributed by atoms with E-state index in [1.165, 1.54) is 12.4 Å². The summed E-state index contributed by atoms with van der Waals surface area (Å²) in [5.41, 5.74) is 3.44. The standard InChI is InChI=1S/C20H19ClN4O2/c1-12-8-13(2)19(14(21)9-12)25-20(26)16-10-23-18(11-22-16)24-15-6-4-5-7-17(15)27-3/h4-11H,1-3H3,(H,23,24)(H,25,26). The Bertz CT molecular complexity index is 951. The van der Waals surface area contributed by atoms with Crippen LogP contribution in [0.25, 0.3) is 0 Å². The van der Waals surface area contributed by atoms with E-state index in [0.717, 1.165) is 16.8 Å². The van der Waals surface area contributed by atoms with E-state index in [9.17, 15) is 4.79 Å². The number of halogens is 1. The summed E-state index contributed by atoms with van der Waals surface area (Å²) in [6.07, 6.45) is 2.90. The maximum Gasteiger partial charge on any atom is 0.275 e. The smallest absolute Gasteiger partial charge is 0.275 e. The molecule has 0 fully saturated rings. The van der Waals surface area contributed by atoms with Crippen LogP contribution in [0.4, 0.5) is 17.2 Å². The first kappa shape index (κ1) is 18.7. The first-order chi connectivity index (χ1) is 13.0. The molecule has 3 aromatic rings. The first-order valence-electron chi connectivity index (χ1n) is 8.28. The van der Waals surface area contributed by atoms with Gasteiger partial charge >= 0.3 is 0 Å². The highest BCUT2D eigenvalue weighted by molar-refractivity contribution is 6.34. The van der Waals surface area contributed by atoms with Crippen LogP contribution >= 0.6 is 11.6 Å². The zero-order chi connectivity index (χ0) is 19.4. The van der Waals surface area contributed by atoms with Gasteiger partial charge < -0.3 is 15.4 Å². The van der Waals surface area contributed by atoms with Gasteiger partial charge in [-0.3, -0.25) is 4.79 Å². The molecule has 0 atom stereocenters. The third-order valence-corrected chi connectivity index (χ3v) is 4.22. The number of amides is 1. The molecule has 0 saturated carbocycles. The topological polar surface area (TPSA) is 76.1 Å². The van der Waals surface area contributed by atoms with Gasteiger partial charge in [0.05, 0.1) is 35.9 Å². The summed E-state index contributed by atoms with van der Waals surface area (Å²) in [6.45, 7) is 3.84. The zero-order valence-corrected chi connectivity index (χ0v) is 16.0. The van der Waals surface area contributed by atoms with Gasteiger partial charge in [0.25, 0.3) is 5.91 Å². The molecule has 7 heteroatoms. The number of benzene rings is 2. The number of ether oxygens (including phenoxy) is 1. The summed E-state index contributed by atoms with van der Waals surface area (Å²) in [5.74, 6) is 0.811. The van der Waals surface area contributed by atoms with E-state index < -0.39 is 0 Å². The summed E-state index contributed by atoms with van der Waals surface area (Å²) in [7, 11) is 1.60. The molecule has 27 heavy (non-hydrogen) atoms. The predicted octanol–water partition coefficient (Wildman–Crippen LogP) is 4.75. The molecule has 138 valence electrons. The Kier molecular flexibility index (Phi) is 5.57. The maximum absolute atomic E-state index is 12.5. The number of hydrogen-bond acceptors (Lipinski definition) is 5. The van der Waals surface area contributed by atoms with Crippen LogP contribution in [0, 0.1) is 13.8 Å². The third-order valence-electron chi connectivity index (χ3n) is 3.92. The number of anilines is 3. The van der Waals surface area contributed by atoms with E-state index in [-0.39, 0.29) is 11.6 Å². The number of aromatic nitrogens is 2. The van der Waals surface area contributed by atoms with Crippen molar-refractivity contribution in [3.05, 3.63) is 70.6 Å². The van der Waals surface area contributed by atoms with Crippen LogP contribution in [0.15, 0.2) is 48.8 Å². The zero-order valence-electron chi connectivity index (χ0n) is 15.2. The molecule has 0 unspecified atom stereocenters. The van der Waals surface area contributed by atoms with Crippen molar-refractivity contribution < 1.29 is 9.53 Å². The number of aryl methyl sites for hydroxylation is 2. The van der Waals surface area contributed by atoms with Gasteiger partial charge in [0, 0.05) is 0 Å². The average Bonchev–Trinajstić information content (AvgIpc) is 2.65. The summed E-state index contributed by atoms with van der Waals surface area (Å²) in [5, 5.41) is 6.40.